The van der Waals surface area contributed by atoms with Crippen LogP contribution in [0.15, 0.2) is 48.5 Å². The van der Waals surface area contributed by atoms with Crippen LogP contribution in [-0.2, 0) is 11.3 Å². The average molecular weight is 377 g/mol. The lowest BCUT2D eigenvalue weighted by molar-refractivity contribution is -0.128. The Bertz CT molecular complexity index is 841. The number of anilines is 2. The molecule has 2 aromatic rings. The van der Waals surface area contributed by atoms with Gasteiger partial charge < -0.3 is 15.1 Å². The van der Waals surface area contributed by atoms with E-state index in [-0.39, 0.29) is 11.8 Å². The van der Waals surface area contributed by atoms with Gasteiger partial charge in [-0.3, -0.25) is 9.59 Å². The number of likely N-dealkylation sites (tertiary alicyclic amines) is 1. The molecule has 0 radical (unpaired) electrons. The fourth-order valence-electron chi connectivity index (χ4n) is 4.01. The van der Waals surface area contributed by atoms with Gasteiger partial charge in [0.2, 0.25) is 5.91 Å². The number of piperidine rings is 1. The van der Waals surface area contributed by atoms with E-state index in [0.29, 0.717) is 18.5 Å². The van der Waals surface area contributed by atoms with Crippen molar-refractivity contribution in [1.82, 2.24) is 4.90 Å². The molecule has 0 unspecified atom stereocenters. The lowest BCUT2D eigenvalue weighted by Crippen LogP contribution is -2.29. The zero-order valence-electron chi connectivity index (χ0n) is 16.2. The predicted molar refractivity (Wildman–Crippen MR) is 112 cm³/mol. The maximum absolute atomic E-state index is 12.7. The van der Waals surface area contributed by atoms with Gasteiger partial charge in [-0.25, -0.2) is 0 Å². The Kier molecular flexibility index (Phi) is 5.60. The second kappa shape index (κ2) is 8.46. The third kappa shape index (κ3) is 4.35. The number of nitrogens with one attached hydrogen (secondary N) is 1. The van der Waals surface area contributed by atoms with Crippen LogP contribution in [0.5, 0.6) is 0 Å². The third-order valence-electron chi connectivity index (χ3n) is 5.58. The summed E-state index contributed by atoms with van der Waals surface area (Å²) in [6, 6.07) is 15.6. The highest BCUT2D eigenvalue weighted by Gasteiger charge is 2.20. The Hall–Kier alpha value is -2.82. The topological polar surface area (TPSA) is 52.7 Å². The van der Waals surface area contributed by atoms with Crippen LogP contribution < -0.4 is 10.2 Å². The molecule has 5 nitrogen and oxygen atoms in total. The largest absolute Gasteiger partial charge is 0.372 e. The third-order valence-corrected chi connectivity index (χ3v) is 5.58. The first-order valence-electron chi connectivity index (χ1n) is 10.2. The molecule has 5 heteroatoms. The summed E-state index contributed by atoms with van der Waals surface area (Å²) in [5.74, 6) is 0.0731. The molecule has 2 fully saturated rings. The highest BCUT2D eigenvalue weighted by molar-refractivity contribution is 6.04. The molecular formula is C23H27N3O2. The first kappa shape index (κ1) is 18.5. The quantitative estimate of drug-likeness (QED) is 0.855. The molecule has 0 atom stereocenters. The van der Waals surface area contributed by atoms with Crippen LogP contribution in [0.1, 0.15) is 48.0 Å². The lowest BCUT2D eigenvalue weighted by Gasteiger charge is -2.28. The van der Waals surface area contributed by atoms with E-state index in [1.54, 1.807) is 0 Å². The minimum Gasteiger partial charge on any atom is -0.372 e. The Labute approximate surface area is 166 Å². The summed E-state index contributed by atoms with van der Waals surface area (Å²) in [7, 11) is 0. The number of hydrogen-bond donors (Lipinski definition) is 1. The van der Waals surface area contributed by atoms with Crippen LogP contribution in [0, 0.1) is 0 Å². The second-order valence-electron chi connectivity index (χ2n) is 7.67. The van der Waals surface area contributed by atoms with E-state index in [9.17, 15) is 9.59 Å². The Balaban J connectivity index is 1.39. The average Bonchev–Trinajstić information content (AvgIpc) is 3.14. The number of benzene rings is 2. The predicted octanol–water partition coefficient (Wildman–Crippen LogP) is 4.05. The molecule has 2 heterocycles. The fourth-order valence-corrected chi connectivity index (χ4v) is 4.01. The van der Waals surface area contributed by atoms with Crippen molar-refractivity contribution in [2.75, 3.05) is 29.9 Å². The van der Waals surface area contributed by atoms with Crippen LogP contribution in [0.4, 0.5) is 11.4 Å². The monoisotopic (exact) mass is 377 g/mol. The molecule has 2 amide bonds. The van der Waals surface area contributed by atoms with Crippen molar-refractivity contribution < 1.29 is 9.59 Å². The van der Waals surface area contributed by atoms with Crippen LogP contribution in [-0.4, -0.2) is 36.3 Å². The smallest absolute Gasteiger partial charge is 0.255 e. The molecule has 28 heavy (non-hydrogen) atoms. The number of rotatable bonds is 5. The zero-order chi connectivity index (χ0) is 19.3. The summed E-state index contributed by atoms with van der Waals surface area (Å²) in [5, 5.41) is 2.98. The molecule has 0 aliphatic carbocycles. The Morgan fingerprint density at radius 2 is 1.71 bits per heavy atom. The van der Waals surface area contributed by atoms with Crippen molar-refractivity contribution >= 4 is 23.2 Å². The minimum atomic E-state index is -0.125. The Morgan fingerprint density at radius 1 is 0.929 bits per heavy atom. The van der Waals surface area contributed by atoms with Crippen molar-refractivity contribution in [3.05, 3.63) is 59.7 Å². The highest BCUT2D eigenvalue weighted by Crippen LogP contribution is 2.22. The van der Waals surface area contributed by atoms with Crippen molar-refractivity contribution in [3.8, 4) is 0 Å². The molecule has 2 aromatic carbocycles. The maximum atomic E-state index is 12.7. The van der Waals surface area contributed by atoms with Gasteiger partial charge in [0.15, 0.2) is 0 Å². The number of amides is 2. The van der Waals surface area contributed by atoms with Gasteiger partial charge in [0.25, 0.3) is 5.91 Å². The van der Waals surface area contributed by atoms with Gasteiger partial charge >= 0.3 is 0 Å². The van der Waals surface area contributed by atoms with Gasteiger partial charge in [0.1, 0.15) is 0 Å². The molecule has 0 spiro atoms. The molecule has 146 valence electrons. The fraction of sp³-hybridized carbons (Fsp3) is 0.391. The van der Waals surface area contributed by atoms with E-state index in [1.165, 1.54) is 24.9 Å². The molecular weight excluding hydrogens is 350 g/mol. The van der Waals surface area contributed by atoms with Crippen molar-refractivity contribution in [3.63, 3.8) is 0 Å². The van der Waals surface area contributed by atoms with Crippen LogP contribution >= 0.6 is 0 Å². The van der Waals surface area contributed by atoms with E-state index < -0.39 is 0 Å². The van der Waals surface area contributed by atoms with E-state index >= 15 is 0 Å². The van der Waals surface area contributed by atoms with Crippen molar-refractivity contribution in [2.45, 2.75) is 38.6 Å². The summed E-state index contributed by atoms with van der Waals surface area (Å²) in [6.07, 6.45) is 5.37. The number of carbonyl (C=O) groups excluding carboxylic acids is 2. The second-order valence-corrected chi connectivity index (χ2v) is 7.67. The van der Waals surface area contributed by atoms with Crippen molar-refractivity contribution in [2.24, 2.45) is 0 Å². The molecule has 2 saturated heterocycles. The van der Waals surface area contributed by atoms with Crippen LogP contribution in [0.2, 0.25) is 0 Å². The SMILES string of the molecule is O=C(Nc1ccc(N2CCCCC2)cc1)c1cccc(CN2CCCC2=O)c1. The summed E-state index contributed by atoms with van der Waals surface area (Å²) < 4.78 is 0. The first-order chi connectivity index (χ1) is 13.7. The molecule has 0 bridgehead atoms. The van der Waals surface area contributed by atoms with Gasteiger partial charge in [-0.05, 0) is 67.6 Å². The normalized spacial score (nSPS) is 17.1. The molecule has 1 N–H and O–H groups in total. The molecule has 0 saturated carbocycles. The summed E-state index contributed by atoms with van der Waals surface area (Å²) >= 11 is 0. The minimum absolute atomic E-state index is 0.125. The van der Waals surface area contributed by atoms with Gasteiger partial charge in [-0.2, -0.15) is 0 Å². The summed E-state index contributed by atoms with van der Waals surface area (Å²) in [4.78, 5) is 28.7. The lowest BCUT2D eigenvalue weighted by atomic mass is 10.1. The van der Waals surface area contributed by atoms with E-state index in [1.807, 2.05) is 41.3 Å². The summed E-state index contributed by atoms with van der Waals surface area (Å²) in [5.41, 5.74) is 3.62. The van der Waals surface area contributed by atoms with Gasteiger partial charge in [0.05, 0.1) is 0 Å². The molecule has 0 aromatic heterocycles. The zero-order valence-corrected chi connectivity index (χ0v) is 16.2. The van der Waals surface area contributed by atoms with E-state index in [0.717, 1.165) is 37.3 Å². The van der Waals surface area contributed by atoms with Crippen LogP contribution in [0.25, 0.3) is 0 Å². The van der Waals surface area contributed by atoms with Gasteiger partial charge in [-0.15, -0.1) is 0 Å². The standard InChI is InChI=1S/C23H27N3O2/c27-22-8-5-15-26(22)17-18-6-4-7-19(16-18)23(28)24-20-9-11-21(12-10-20)25-13-2-1-3-14-25/h4,6-7,9-12,16H,1-3,5,8,13-15,17H2,(H,24,28). The van der Waals surface area contributed by atoms with Gasteiger partial charge in [-0.1, -0.05) is 12.1 Å². The first-order valence-corrected chi connectivity index (χ1v) is 10.2. The number of carbonyl (C=O) groups is 2. The van der Waals surface area contributed by atoms with Crippen LogP contribution in [0.3, 0.4) is 0 Å². The molecule has 2 aliphatic rings. The van der Waals surface area contributed by atoms with E-state index in [4.69, 9.17) is 0 Å². The van der Waals surface area contributed by atoms with Gasteiger partial charge in [0, 0.05) is 49.5 Å². The maximum Gasteiger partial charge on any atom is 0.255 e. The molecule has 2 aliphatic heterocycles. The van der Waals surface area contributed by atoms with Crippen molar-refractivity contribution in [1.29, 1.82) is 0 Å². The molecule has 4 rings (SSSR count). The van der Waals surface area contributed by atoms with E-state index in [2.05, 4.69) is 22.3 Å². The highest BCUT2D eigenvalue weighted by atomic mass is 16.2. The number of hydrogen-bond acceptors (Lipinski definition) is 3. The number of nitrogens with zero attached hydrogens (tertiary/aromatic N) is 2. The Morgan fingerprint density at radius 3 is 2.43 bits per heavy atom. The summed E-state index contributed by atoms with van der Waals surface area (Å²) in [6.45, 7) is 3.60.